The fourth-order valence-corrected chi connectivity index (χ4v) is 4.17. The average molecular weight is 461 g/mol. The molecule has 0 unspecified atom stereocenters. The second-order valence-corrected chi connectivity index (χ2v) is 9.97. The van der Waals surface area contributed by atoms with Crippen molar-refractivity contribution in [2.24, 2.45) is 5.41 Å². The summed E-state index contributed by atoms with van der Waals surface area (Å²) in [7, 11) is 1.72. The second-order valence-electron chi connectivity index (χ2n) is 9.97. The summed E-state index contributed by atoms with van der Waals surface area (Å²) in [5.74, 6) is -0.279. The highest BCUT2D eigenvalue weighted by atomic mass is 16.2. The van der Waals surface area contributed by atoms with E-state index in [0.717, 1.165) is 19.3 Å². The SMILES string of the molecule is CN[C@@H](C)C(=O)N[C@H](C(=O)N1CCC[C@H]1CN(CCc1ccccc1)C(=O)C[NH3+])C(C)(C)C. The van der Waals surface area contributed by atoms with Gasteiger partial charge in [0.2, 0.25) is 11.8 Å². The third kappa shape index (κ3) is 7.54. The van der Waals surface area contributed by atoms with E-state index < -0.39 is 11.5 Å². The van der Waals surface area contributed by atoms with Crippen LogP contribution in [0, 0.1) is 5.41 Å². The summed E-state index contributed by atoms with van der Waals surface area (Å²) in [6, 6.07) is 9.00. The summed E-state index contributed by atoms with van der Waals surface area (Å²) in [5.41, 5.74) is 4.52. The fraction of sp³-hybridized carbons (Fsp3) is 0.640. The fourth-order valence-electron chi connectivity index (χ4n) is 4.17. The zero-order valence-corrected chi connectivity index (χ0v) is 20.9. The minimum absolute atomic E-state index is 0.00579. The number of nitrogens with zero attached hydrogens (tertiary/aromatic N) is 2. The van der Waals surface area contributed by atoms with Gasteiger partial charge in [-0.15, -0.1) is 0 Å². The molecular formula is C25H42N5O3+. The van der Waals surface area contributed by atoms with E-state index in [1.165, 1.54) is 5.56 Å². The molecule has 0 radical (unpaired) electrons. The molecule has 1 aliphatic heterocycles. The highest BCUT2D eigenvalue weighted by Gasteiger charge is 2.40. The molecule has 8 nitrogen and oxygen atoms in total. The number of nitrogens with one attached hydrogen (secondary N) is 2. The average Bonchev–Trinajstić information content (AvgIpc) is 3.26. The van der Waals surface area contributed by atoms with Gasteiger partial charge >= 0.3 is 0 Å². The Hall–Kier alpha value is -2.45. The smallest absolute Gasteiger partial charge is 0.277 e. The van der Waals surface area contributed by atoms with Crippen LogP contribution in [0.1, 0.15) is 46.1 Å². The number of carbonyl (C=O) groups is 3. The van der Waals surface area contributed by atoms with Crippen LogP contribution in [-0.2, 0) is 20.8 Å². The topological polar surface area (TPSA) is 109 Å². The first-order chi connectivity index (χ1) is 15.6. The van der Waals surface area contributed by atoms with Crippen LogP contribution in [0.4, 0.5) is 0 Å². The zero-order chi connectivity index (χ0) is 24.6. The van der Waals surface area contributed by atoms with Crippen LogP contribution in [0.5, 0.6) is 0 Å². The van der Waals surface area contributed by atoms with Gasteiger partial charge in [0.05, 0.1) is 6.04 Å². The number of likely N-dealkylation sites (N-methyl/N-ethyl adjacent to an activating group) is 1. The Kier molecular flexibility index (Phi) is 9.86. The van der Waals surface area contributed by atoms with Crippen molar-refractivity contribution in [2.45, 2.75) is 65.1 Å². The molecule has 1 aliphatic rings. The van der Waals surface area contributed by atoms with Gasteiger partial charge in [-0.3, -0.25) is 14.4 Å². The molecule has 1 fully saturated rings. The number of amides is 3. The van der Waals surface area contributed by atoms with E-state index in [0.29, 0.717) is 19.6 Å². The first-order valence-electron chi connectivity index (χ1n) is 12.0. The number of rotatable bonds is 10. The van der Waals surface area contributed by atoms with Crippen molar-refractivity contribution in [2.75, 3.05) is 33.2 Å². The summed E-state index contributed by atoms with van der Waals surface area (Å²) >= 11 is 0. The van der Waals surface area contributed by atoms with Crippen LogP contribution >= 0.6 is 0 Å². The maximum absolute atomic E-state index is 13.6. The van der Waals surface area contributed by atoms with Gasteiger partial charge in [-0.2, -0.15) is 0 Å². The molecule has 33 heavy (non-hydrogen) atoms. The minimum atomic E-state index is -0.636. The van der Waals surface area contributed by atoms with E-state index in [4.69, 9.17) is 0 Å². The third-order valence-electron chi connectivity index (χ3n) is 6.40. The van der Waals surface area contributed by atoms with Crippen LogP contribution in [-0.4, -0.2) is 78.9 Å². The molecule has 2 rings (SSSR count). The van der Waals surface area contributed by atoms with Crippen LogP contribution in [0.25, 0.3) is 0 Å². The third-order valence-corrected chi connectivity index (χ3v) is 6.40. The van der Waals surface area contributed by atoms with Crippen molar-refractivity contribution < 1.29 is 20.1 Å². The van der Waals surface area contributed by atoms with E-state index >= 15 is 0 Å². The van der Waals surface area contributed by atoms with Gasteiger partial charge < -0.3 is 26.2 Å². The van der Waals surface area contributed by atoms with Gasteiger partial charge in [0.25, 0.3) is 5.91 Å². The lowest BCUT2D eigenvalue weighted by Gasteiger charge is -2.37. The van der Waals surface area contributed by atoms with Crippen molar-refractivity contribution in [3.63, 3.8) is 0 Å². The van der Waals surface area contributed by atoms with Crippen molar-refractivity contribution in [1.29, 1.82) is 0 Å². The Balaban J connectivity index is 2.13. The van der Waals surface area contributed by atoms with Crippen molar-refractivity contribution >= 4 is 17.7 Å². The van der Waals surface area contributed by atoms with Crippen molar-refractivity contribution in [1.82, 2.24) is 20.4 Å². The largest absolute Gasteiger partial charge is 0.350 e. The van der Waals surface area contributed by atoms with Crippen LogP contribution in [0.3, 0.4) is 0 Å². The monoisotopic (exact) mass is 460 g/mol. The molecule has 1 saturated heterocycles. The Morgan fingerprint density at radius 3 is 2.45 bits per heavy atom. The lowest BCUT2D eigenvalue weighted by Crippen LogP contribution is -2.61. The molecule has 1 heterocycles. The van der Waals surface area contributed by atoms with E-state index in [9.17, 15) is 14.4 Å². The van der Waals surface area contributed by atoms with Crippen LogP contribution in [0.15, 0.2) is 30.3 Å². The number of hydrogen-bond donors (Lipinski definition) is 3. The van der Waals surface area contributed by atoms with Crippen LogP contribution in [0.2, 0.25) is 0 Å². The number of benzene rings is 1. The summed E-state index contributed by atoms with van der Waals surface area (Å²) in [6.07, 6.45) is 2.49. The molecule has 0 spiro atoms. The number of carbonyl (C=O) groups excluding carboxylic acids is 3. The standard InChI is InChI=1S/C25H41N5O3/c1-18(27-5)23(32)28-22(25(2,3)4)24(33)30-14-9-12-20(30)17-29(21(31)16-26)15-13-19-10-7-6-8-11-19/h6-8,10-11,18,20,22,27H,9,12-17,26H2,1-5H3,(H,28,32)/p+1/t18-,20-,22+/m0/s1. The molecule has 184 valence electrons. The quantitative estimate of drug-likeness (QED) is 0.470. The predicted molar refractivity (Wildman–Crippen MR) is 129 cm³/mol. The molecule has 0 aromatic heterocycles. The van der Waals surface area contributed by atoms with Crippen molar-refractivity contribution in [3.05, 3.63) is 35.9 Å². The molecule has 0 bridgehead atoms. The summed E-state index contributed by atoms with van der Waals surface area (Å²) in [4.78, 5) is 42.5. The molecular weight excluding hydrogens is 418 g/mol. The van der Waals surface area contributed by atoms with Gasteiger partial charge in [-0.05, 0) is 44.2 Å². The van der Waals surface area contributed by atoms with E-state index in [1.54, 1.807) is 14.0 Å². The zero-order valence-electron chi connectivity index (χ0n) is 20.9. The molecule has 0 saturated carbocycles. The Morgan fingerprint density at radius 2 is 1.88 bits per heavy atom. The minimum Gasteiger partial charge on any atom is -0.350 e. The van der Waals surface area contributed by atoms with Gasteiger partial charge in [0, 0.05) is 25.7 Å². The molecule has 5 N–H and O–H groups in total. The maximum Gasteiger partial charge on any atom is 0.277 e. The van der Waals surface area contributed by atoms with Gasteiger partial charge in [-0.25, -0.2) is 0 Å². The van der Waals surface area contributed by atoms with Gasteiger partial charge in [-0.1, -0.05) is 51.1 Å². The summed E-state index contributed by atoms with van der Waals surface area (Å²) in [6.45, 7) is 9.57. The van der Waals surface area contributed by atoms with E-state index in [1.807, 2.05) is 48.8 Å². The number of quaternary nitrogens is 1. The van der Waals surface area contributed by atoms with E-state index in [2.05, 4.69) is 28.5 Å². The van der Waals surface area contributed by atoms with Gasteiger partial charge in [0.1, 0.15) is 6.04 Å². The van der Waals surface area contributed by atoms with E-state index in [-0.39, 0.29) is 36.3 Å². The van der Waals surface area contributed by atoms with Crippen molar-refractivity contribution in [3.8, 4) is 0 Å². The van der Waals surface area contributed by atoms with Crippen LogP contribution < -0.4 is 16.4 Å². The number of hydrogen-bond acceptors (Lipinski definition) is 4. The molecule has 0 aliphatic carbocycles. The first kappa shape index (κ1) is 26.8. The lowest BCUT2D eigenvalue weighted by molar-refractivity contribution is -0.357. The number of likely N-dealkylation sites (tertiary alicyclic amines) is 1. The Bertz CT molecular complexity index is 793. The molecule has 3 amide bonds. The molecule has 1 aromatic rings. The molecule has 8 heteroatoms. The molecule has 1 aromatic carbocycles. The highest BCUT2D eigenvalue weighted by Crippen LogP contribution is 2.26. The summed E-state index contributed by atoms with van der Waals surface area (Å²) in [5, 5.41) is 5.88. The Labute approximate surface area is 198 Å². The van der Waals surface area contributed by atoms with Gasteiger partial charge in [0.15, 0.2) is 6.54 Å². The molecule has 3 atom stereocenters. The second kappa shape index (κ2) is 12.1. The Morgan fingerprint density at radius 1 is 1.21 bits per heavy atom. The summed E-state index contributed by atoms with van der Waals surface area (Å²) < 4.78 is 0. The normalized spacial score (nSPS) is 18.0. The first-order valence-corrected chi connectivity index (χ1v) is 12.0. The predicted octanol–water partition coefficient (Wildman–Crippen LogP) is 0.429. The maximum atomic E-state index is 13.6. The highest BCUT2D eigenvalue weighted by molar-refractivity contribution is 5.90. The lowest BCUT2D eigenvalue weighted by atomic mass is 9.85.